The van der Waals surface area contributed by atoms with E-state index in [9.17, 15) is 24.6 Å². The highest BCUT2D eigenvalue weighted by atomic mass is 35.5. The standard InChI is InChI=1S/C48H67ClFN6O8P/c1-5-6-7-8-9-10-11-12-13-14-15-16-17-18-19-20-23-39(62-40-29-37(32-51)28-38(50)30-40)33-60-65(58,64-44-25-22-21-24-41(44)49)61-35-48(34-52,59-4)31-45(63-47(2,3)57)42-26-27-43-46(53)54-36-55-56(42)43/h21-22,24-30,36,39,45,57H,5-20,23,31,33,35H2,1-4H3,(H2,53,54,55)/t39-,45+,48+,65?/m0/s1. The van der Waals surface area contributed by atoms with Crippen LogP contribution in [0.3, 0.4) is 0 Å². The third-order valence-electron chi connectivity index (χ3n) is 11.0. The summed E-state index contributed by atoms with van der Waals surface area (Å²) >= 11 is 6.43. The molecule has 17 heteroatoms. The number of nitrogen functional groups attached to an aromatic ring is 1. The van der Waals surface area contributed by atoms with Crippen LogP contribution in [0.25, 0.3) is 5.52 Å². The van der Waals surface area contributed by atoms with Gasteiger partial charge in [-0.3, -0.25) is 9.05 Å². The molecule has 0 saturated heterocycles. The Morgan fingerprint density at radius 1 is 0.908 bits per heavy atom. The number of hydrogen-bond donors (Lipinski definition) is 2. The van der Waals surface area contributed by atoms with Gasteiger partial charge in [-0.15, -0.1) is 0 Å². The Hall–Kier alpha value is -4.31. The van der Waals surface area contributed by atoms with E-state index in [1.54, 1.807) is 24.3 Å². The molecule has 0 bridgehead atoms. The smallest absolute Gasteiger partial charge is 0.488 e. The molecular formula is C48H67ClFN6O8P. The summed E-state index contributed by atoms with van der Waals surface area (Å²) in [5, 5.41) is 35.3. The van der Waals surface area contributed by atoms with Gasteiger partial charge in [-0.05, 0) is 63.1 Å². The number of hydrogen-bond acceptors (Lipinski definition) is 13. The number of nitrogens with zero attached hydrogens (tertiary/aromatic N) is 5. The normalized spacial score (nSPS) is 14.5. The molecule has 0 aliphatic heterocycles. The van der Waals surface area contributed by atoms with Crippen LogP contribution in [0.4, 0.5) is 10.2 Å². The number of ether oxygens (including phenoxy) is 3. The van der Waals surface area contributed by atoms with Gasteiger partial charge in [-0.1, -0.05) is 127 Å². The van der Waals surface area contributed by atoms with Crippen molar-refractivity contribution >= 4 is 30.8 Å². The first-order valence-corrected chi connectivity index (χ1v) is 24.7. The second-order valence-corrected chi connectivity index (χ2v) is 18.9. The van der Waals surface area contributed by atoms with Gasteiger partial charge in [-0.2, -0.15) is 15.6 Å². The molecule has 14 nitrogen and oxygen atoms in total. The van der Waals surface area contributed by atoms with E-state index < -0.39 is 43.8 Å². The van der Waals surface area contributed by atoms with Gasteiger partial charge in [0.05, 0.1) is 29.0 Å². The van der Waals surface area contributed by atoms with E-state index >= 15 is 0 Å². The predicted octanol–water partition coefficient (Wildman–Crippen LogP) is 12.4. The van der Waals surface area contributed by atoms with E-state index in [0.29, 0.717) is 17.6 Å². The lowest BCUT2D eigenvalue weighted by Gasteiger charge is -2.33. The Kier molecular flexibility index (Phi) is 22.4. The average Bonchev–Trinajstić information content (AvgIpc) is 3.72. The van der Waals surface area contributed by atoms with E-state index in [4.69, 9.17) is 45.1 Å². The summed E-state index contributed by atoms with van der Waals surface area (Å²) in [7, 11) is -3.42. The van der Waals surface area contributed by atoms with Crippen LogP contribution in [0.15, 0.2) is 60.9 Å². The average molecular weight is 942 g/mol. The highest BCUT2D eigenvalue weighted by Crippen LogP contribution is 2.52. The summed E-state index contributed by atoms with van der Waals surface area (Å²) in [5.41, 5.74) is 5.15. The van der Waals surface area contributed by atoms with E-state index in [0.717, 1.165) is 31.7 Å². The first kappa shape index (κ1) is 53.3. The lowest BCUT2D eigenvalue weighted by atomic mass is 9.96. The maximum absolute atomic E-state index is 14.7. The zero-order valence-electron chi connectivity index (χ0n) is 38.4. The molecule has 0 fully saturated rings. The maximum atomic E-state index is 14.7. The van der Waals surface area contributed by atoms with Crippen molar-refractivity contribution in [2.75, 3.05) is 26.1 Å². The SMILES string of the molecule is CCCCCCCCCCCCCCCCCC[C@@H](COP(=O)(OC[C@](C#N)(C[C@@H](OC(C)(C)O)c1ccc2c(N)ncnn12)OC)Oc1ccccc1Cl)Oc1cc(F)cc(C#N)c1. The number of nitrogens with two attached hydrogens (primary N) is 1. The number of unbranched alkanes of at least 4 members (excludes halogenated alkanes) is 15. The van der Waals surface area contributed by atoms with Crippen molar-refractivity contribution in [1.29, 1.82) is 10.5 Å². The first-order valence-electron chi connectivity index (χ1n) is 22.9. The third kappa shape index (κ3) is 18.5. The van der Waals surface area contributed by atoms with Gasteiger partial charge in [-0.25, -0.2) is 18.5 Å². The highest BCUT2D eigenvalue weighted by Gasteiger charge is 2.42. The van der Waals surface area contributed by atoms with Gasteiger partial charge in [0.2, 0.25) is 0 Å². The number of benzene rings is 2. The number of anilines is 1. The van der Waals surface area contributed by atoms with Crippen molar-refractivity contribution in [3.63, 3.8) is 0 Å². The zero-order valence-corrected chi connectivity index (χ0v) is 40.0. The molecule has 2 heterocycles. The number of para-hydroxylation sites is 1. The quantitative estimate of drug-likeness (QED) is 0.0260. The van der Waals surface area contributed by atoms with Crippen LogP contribution in [0.1, 0.15) is 154 Å². The lowest BCUT2D eigenvalue weighted by Crippen LogP contribution is -2.39. The number of nitriles is 2. The molecule has 4 atom stereocenters. The summed E-state index contributed by atoms with van der Waals surface area (Å²) in [6.07, 6.45) is 18.9. The van der Waals surface area contributed by atoms with Gasteiger partial charge in [0, 0.05) is 19.6 Å². The minimum atomic E-state index is -4.70. The molecule has 0 radical (unpaired) electrons. The Bertz CT molecular complexity index is 2180. The van der Waals surface area contributed by atoms with Gasteiger partial charge in [0.15, 0.2) is 17.2 Å². The number of aliphatic hydroxyl groups is 1. The summed E-state index contributed by atoms with van der Waals surface area (Å²) in [4.78, 5) is 4.03. The number of fused-ring (bicyclic) bond motifs is 1. The number of aromatic nitrogens is 3. The van der Waals surface area contributed by atoms with Crippen LogP contribution in [-0.2, 0) is 23.1 Å². The van der Waals surface area contributed by atoms with Crippen LogP contribution >= 0.6 is 19.4 Å². The molecule has 2 aromatic carbocycles. The molecule has 356 valence electrons. The number of phosphoric acid groups is 1. The molecule has 65 heavy (non-hydrogen) atoms. The molecule has 0 aliphatic rings. The number of methoxy groups -OCH3 is 1. The van der Waals surface area contributed by atoms with Crippen LogP contribution in [0, 0.1) is 28.5 Å². The summed E-state index contributed by atoms with van der Waals surface area (Å²) in [6, 6.07) is 17.4. The first-order chi connectivity index (χ1) is 31.2. The molecular weight excluding hydrogens is 874 g/mol. The fraction of sp³-hybridized carbons (Fsp3) is 0.583. The molecule has 0 aliphatic carbocycles. The number of phosphoric ester groups is 1. The second-order valence-electron chi connectivity index (χ2n) is 16.9. The monoisotopic (exact) mass is 940 g/mol. The van der Waals surface area contributed by atoms with E-state index in [-0.39, 0.29) is 40.9 Å². The molecule has 1 unspecified atom stereocenters. The van der Waals surface area contributed by atoms with Crippen LogP contribution in [-0.4, -0.2) is 57.5 Å². The highest BCUT2D eigenvalue weighted by molar-refractivity contribution is 7.49. The van der Waals surface area contributed by atoms with Crippen molar-refractivity contribution < 1.29 is 41.8 Å². The topological polar surface area (TPSA) is 196 Å². The van der Waals surface area contributed by atoms with Gasteiger partial charge in [0.1, 0.15) is 54.0 Å². The second kappa shape index (κ2) is 27.4. The zero-order chi connectivity index (χ0) is 47.1. The number of rotatable bonds is 33. The molecule has 0 saturated carbocycles. The van der Waals surface area contributed by atoms with E-state index in [2.05, 4.69) is 23.1 Å². The summed E-state index contributed by atoms with van der Waals surface area (Å²) in [6.45, 7) is 4.08. The minimum absolute atomic E-state index is 0.0169. The van der Waals surface area contributed by atoms with Gasteiger partial charge in [0.25, 0.3) is 0 Å². The molecule has 4 rings (SSSR count). The van der Waals surface area contributed by atoms with Crippen LogP contribution in [0.2, 0.25) is 5.02 Å². The fourth-order valence-electron chi connectivity index (χ4n) is 7.47. The minimum Gasteiger partial charge on any atom is -0.488 e. The van der Waals surface area contributed by atoms with Gasteiger partial charge < -0.3 is 29.6 Å². The Morgan fingerprint density at radius 2 is 1.54 bits per heavy atom. The third-order valence-corrected chi connectivity index (χ3v) is 12.6. The Balaban J connectivity index is 1.45. The molecule has 2 aromatic heterocycles. The molecule has 0 amide bonds. The van der Waals surface area contributed by atoms with Crippen LogP contribution in [0.5, 0.6) is 11.5 Å². The number of halogens is 2. The fourth-order valence-corrected chi connectivity index (χ4v) is 8.99. The Labute approximate surface area is 389 Å². The lowest BCUT2D eigenvalue weighted by molar-refractivity contribution is -0.219. The van der Waals surface area contributed by atoms with Crippen molar-refractivity contribution in [3.8, 4) is 23.6 Å². The van der Waals surface area contributed by atoms with Crippen molar-refractivity contribution in [3.05, 3.63) is 83.0 Å². The molecule has 3 N–H and O–H groups in total. The van der Waals surface area contributed by atoms with Gasteiger partial charge >= 0.3 is 7.82 Å². The van der Waals surface area contributed by atoms with Crippen LogP contribution < -0.4 is 15.0 Å². The van der Waals surface area contributed by atoms with Crippen molar-refractivity contribution in [2.24, 2.45) is 0 Å². The summed E-state index contributed by atoms with van der Waals surface area (Å²) < 4.78 is 66.6. The largest absolute Gasteiger partial charge is 0.530 e. The van der Waals surface area contributed by atoms with Crippen molar-refractivity contribution in [1.82, 2.24) is 14.6 Å². The Morgan fingerprint density at radius 3 is 2.12 bits per heavy atom. The molecule has 0 spiro atoms. The summed E-state index contributed by atoms with van der Waals surface area (Å²) in [5.74, 6) is -2.06. The molecule has 4 aromatic rings. The predicted molar refractivity (Wildman–Crippen MR) is 249 cm³/mol. The van der Waals surface area contributed by atoms with Crippen molar-refractivity contribution in [2.45, 2.75) is 160 Å². The van der Waals surface area contributed by atoms with E-state index in [1.807, 2.05) is 6.07 Å². The van der Waals surface area contributed by atoms with E-state index in [1.165, 1.54) is 133 Å². The maximum Gasteiger partial charge on any atom is 0.530 e.